The van der Waals surface area contributed by atoms with Gasteiger partial charge in [-0.2, -0.15) is 0 Å². The molecule has 1 heterocycles. The Morgan fingerprint density at radius 3 is 2.00 bits per heavy atom. The lowest BCUT2D eigenvalue weighted by molar-refractivity contribution is 0.00578. The SMILES string of the molecule is C=C(C[C@@H](C)CCO[Si](C)(C)C(C)(C)C)B1OC(C)(C)C(C)(C)O1. The molecule has 1 aliphatic heterocycles. The summed E-state index contributed by atoms with van der Waals surface area (Å²) >= 11 is 0. The smallest absolute Gasteiger partial charge is 0.417 e. The Kier molecular flexibility index (Phi) is 6.64. The van der Waals surface area contributed by atoms with Crippen molar-refractivity contribution in [2.45, 2.75) is 97.6 Å². The van der Waals surface area contributed by atoms with Crippen LogP contribution in [-0.2, 0) is 13.7 Å². The van der Waals surface area contributed by atoms with Crippen molar-refractivity contribution in [2.24, 2.45) is 5.92 Å². The first kappa shape index (κ1) is 21.9. The predicted octanol–water partition coefficient (Wildman–Crippen LogP) is 5.61. The molecule has 24 heavy (non-hydrogen) atoms. The minimum absolute atomic E-state index is 0.266. The molecule has 1 saturated heterocycles. The summed E-state index contributed by atoms with van der Waals surface area (Å²) < 4.78 is 18.5. The van der Waals surface area contributed by atoms with E-state index in [9.17, 15) is 0 Å². The molecule has 0 aliphatic carbocycles. The van der Waals surface area contributed by atoms with Crippen LogP contribution in [0.2, 0.25) is 18.1 Å². The van der Waals surface area contributed by atoms with Crippen molar-refractivity contribution in [1.82, 2.24) is 0 Å². The zero-order valence-corrected chi connectivity index (χ0v) is 18.7. The van der Waals surface area contributed by atoms with E-state index in [1.807, 2.05) is 0 Å². The van der Waals surface area contributed by atoms with Crippen molar-refractivity contribution in [1.29, 1.82) is 0 Å². The van der Waals surface area contributed by atoms with E-state index in [0.29, 0.717) is 5.92 Å². The first-order valence-electron chi connectivity index (χ1n) is 9.26. The van der Waals surface area contributed by atoms with E-state index in [1.54, 1.807) is 0 Å². The van der Waals surface area contributed by atoms with E-state index in [4.69, 9.17) is 13.7 Å². The van der Waals surface area contributed by atoms with Gasteiger partial charge in [0.25, 0.3) is 0 Å². The highest BCUT2D eigenvalue weighted by Crippen LogP contribution is 2.39. The molecule has 3 nitrogen and oxygen atoms in total. The van der Waals surface area contributed by atoms with Gasteiger partial charge in [0.15, 0.2) is 8.32 Å². The molecule has 0 amide bonds. The molecule has 0 unspecified atom stereocenters. The van der Waals surface area contributed by atoms with Crippen LogP contribution in [-0.4, -0.2) is 33.2 Å². The standard InChI is InChI=1S/C19H39BO3Si/c1-15(12-13-21-24(10,11)17(3,4)5)14-16(2)20-22-18(6,7)19(8,9)23-20/h15H,2,12-14H2,1,3-11H3/t15-/m0/s1. The normalized spacial score (nSPS) is 21.8. The fraction of sp³-hybridized carbons (Fsp3) is 0.895. The lowest BCUT2D eigenvalue weighted by atomic mass is 9.74. The molecule has 1 aliphatic rings. The molecule has 5 heteroatoms. The second-order valence-corrected chi connectivity index (χ2v) is 14.8. The van der Waals surface area contributed by atoms with Gasteiger partial charge in [0.2, 0.25) is 0 Å². The summed E-state index contributed by atoms with van der Waals surface area (Å²) in [5, 5.41) is 0.266. The molecule has 0 aromatic heterocycles. The number of hydrogen-bond donors (Lipinski definition) is 0. The van der Waals surface area contributed by atoms with Gasteiger partial charge in [0.1, 0.15) is 0 Å². The summed E-state index contributed by atoms with van der Waals surface area (Å²) in [6.45, 7) is 27.1. The Morgan fingerprint density at radius 1 is 1.12 bits per heavy atom. The maximum Gasteiger partial charge on any atom is 0.489 e. The summed E-state index contributed by atoms with van der Waals surface area (Å²) in [7, 11) is -1.94. The Bertz CT molecular complexity index is 436. The van der Waals surface area contributed by atoms with Crippen molar-refractivity contribution in [3.05, 3.63) is 12.1 Å². The third-order valence-corrected chi connectivity index (χ3v) is 10.6. The Labute approximate surface area is 151 Å². The largest absolute Gasteiger partial charge is 0.489 e. The van der Waals surface area contributed by atoms with Gasteiger partial charge in [0.05, 0.1) is 11.2 Å². The van der Waals surface area contributed by atoms with E-state index in [0.717, 1.165) is 24.9 Å². The summed E-state index contributed by atoms with van der Waals surface area (Å²) in [5.41, 5.74) is 0.443. The first-order valence-corrected chi connectivity index (χ1v) is 12.2. The average Bonchev–Trinajstić information content (AvgIpc) is 2.56. The maximum atomic E-state index is 6.28. The molecule has 0 aromatic rings. The van der Waals surface area contributed by atoms with Crippen molar-refractivity contribution in [2.75, 3.05) is 6.61 Å². The van der Waals surface area contributed by atoms with Crippen LogP contribution in [0.5, 0.6) is 0 Å². The average molecular weight is 354 g/mol. The van der Waals surface area contributed by atoms with E-state index in [2.05, 4.69) is 75.1 Å². The van der Waals surface area contributed by atoms with Gasteiger partial charge >= 0.3 is 7.12 Å². The zero-order chi connectivity index (χ0) is 19.0. The van der Waals surface area contributed by atoms with Crippen molar-refractivity contribution in [3.63, 3.8) is 0 Å². The summed E-state index contributed by atoms with van der Waals surface area (Å²) in [5.74, 6) is 0.515. The molecular weight excluding hydrogens is 315 g/mol. The maximum absolute atomic E-state index is 6.28. The van der Waals surface area contributed by atoms with E-state index in [-0.39, 0.29) is 23.4 Å². The van der Waals surface area contributed by atoms with Gasteiger partial charge in [-0.1, -0.05) is 27.7 Å². The molecule has 0 radical (unpaired) electrons. The van der Waals surface area contributed by atoms with Crippen LogP contribution >= 0.6 is 0 Å². The predicted molar refractivity (Wildman–Crippen MR) is 107 cm³/mol. The highest BCUT2D eigenvalue weighted by atomic mass is 28.4. The molecule has 140 valence electrons. The van der Waals surface area contributed by atoms with Crippen LogP contribution in [0.15, 0.2) is 12.1 Å². The number of allylic oxidation sites excluding steroid dienone is 1. The van der Waals surface area contributed by atoms with E-state index in [1.165, 1.54) is 0 Å². The lowest BCUT2D eigenvalue weighted by Crippen LogP contribution is -2.41. The zero-order valence-electron chi connectivity index (χ0n) is 17.7. The van der Waals surface area contributed by atoms with Crippen molar-refractivity contribution >= 4 is 15.4 Å². The van der Waals surface area contributed by atoms with Crippen molar-refractivity contribution in [3.8, 4) is 0 Å². The fourth-order valence-corrected chi connectivity index (χ4v) is 3.45. The van der Waals surface area contributed by atoms with Crippen LogP contribution in [0, 0.1) is 5.92 Å². The minimum atomic E-state index is -1.65. The van der Waals surface area contributed by atoms with Gasteiger partial charge in [-0.05, 0) is 70.1 Å². The van der Waals surface area contributed by atoms with Crippen LogP contribution in [0.3, 0.4) is 0 Å². The molecule has 0 saturated carbocycles. The summed E-state index contributed by atoms with van der Waals surface area (Å²) in [6.07, 6.45) is 1.96. The van der Waals surface area contributed by atoms with Gasteiger partial charge in [-0.25, -0.2) is 0 Å². The molecule has 0 N–H and O–H groups in total. The highest BCUT2D eigenvalue weighted by molar-refractivity contribution is 6.74. The Morgan fingerprint density at radius 2 is 1.58 bits per heavy atom. The second-order valence-electron chi connectivity index (χ2n) is 9.95. The van der Waals surface area contributed by atoms with E-state index < -0.39 is 8.32 Å². The number of hydrogen-bond acceptors (Lipinski definition) is 3. The monoisotopic (exact) mass is 354 g/mol. The summed E-state index contributed by atoms with van der Waals surface area (Å²) in [4.78, 5) is 0. The third kappa shape index (κ3) is 5.20. The van der Waals surface area contributed by atoms with Gasteiger partial charge in [-0.15, -0.1) is 6.58 Å². The van der Waals surface area contributed by atoms with Crippen LogP contribution in [0.1, 0.15) is 68.2 Å². The third-order valence-electron chi connectivity index (χ3n) is 6.08. The topological polar surface area (TPSA) is 27.7 Å². The molecule has 0 aromatic carbocycles. The minimum Gasteiger partial charge on any atom is -0.417 e. The highest BCUT2D eigenvalue weighted by Gasteiger charge is 2.51. The summed E-state index contributed by atoms with van der Waals surface area (Å²) in [6, 6.07) is 0. The van der Waals surface area contributed by atoms with Gasteiger partial charge in [0, 0.05) is 6.61 Å². The molecule has 0 spiro atoms. The molecule has 0 bridgehead atoms. The van der Waals surface area contributed by atoms with E-state index >= 15 is 0 Å². The van der Waals surface area contributed by atoms with Gasteiger partial charge in [-0.3, -0.25) is 0 Å². The van der Waals surface area contributed by atoms with Crippen LogP contribution in [0.4, 0.5) is 0 Å². The fourth-order valence-electron chi connectivity index (χ4n) is 2.39. The molecular formula is C19H39BO3Si. The molecule has 1 rings (SSSR count). The Hall–Kier alpha value is -0.0982. The first-order chi connectivity index (χ1) is 10.6. The lowest BCUT2D eigenvalue weighted by Gasteiger charge is -2.36. The van der Waals surface area contributed by atoms with Crippen LogP contribution < -0.4 is 0 Å². The quantitative estimate of drug-likeness (QED) is 0.556. The Balaban J connectivity index is 2.44. The molecule has 1 atom stereocenters. The van der Waals surface area contributed by atoms with Crippen molar-refractivity contribution < 1.29 is 13.7 Å². The molecule has 1 fully saturated rings. The van der Waals surface area contributed by atoms with Gasteiger partial charge < -0.3 is 13.7 Å². The van der Waals surface area contributed by atoms with Crippen LogP contribution in [0.25, 0.3) is 0 Å². The second kappa shape index (κ2) is 7.26. The number of rotatable bonds is 7.